The normalized spacial score (nSPS) is 10.8. The van der Waals surface area contributed by atoms with Gasteiger partial charge in [-0.25, -0.2) is 0 Å². The highest BCUT2D eigenvalue weighted by atomic mass is 15.4. The fraction of sp³-hybridized carbons (Fsp3) is 0. The molecule has 0 unspecified atom stereocenters. The maximum Gasteiger partial charge on any atom is 0.176 e. The molecule has 0 fully saturated rings. The average Bonchev–Trinajstić information content (AvgIpc) is 2.86. The predicted octanol–water partition coefficient (Wildman–Crippen LogP) is 4.27. The number of anilines is 2. The molecule has 32 heavy (non-hydrogen) atoms. The van der Waals surface area contributed by atoms with Gasteiger partial charge in [0.25, 0.3) is 0 Å². The molecule has 0 atom stereocenters. The van der Waals surface area contributed by atoms with Crippen molar-refractivity contribution >= 4 is 34.8 Å². The van der Waals surface area contributed by atoms with Crippen molar-refractivity contribution in [2.75, 3.05) is 10.9 Å². The van der Waals surface area contributed by atoms with Gasteiger partial charge in [-0.2, -0.15) is 20.7 Å². The second-order valence-electron chi connectivity index (χ2n) is 6.65. The van der Waals surface area contributed by atoms with E-state index in [1.807, 2.05) is 48.5 Å². The van der Waals surface area contributed by atoms with Gasteiger partial charge in [0.1, 0.15) is 0 Å². The lowest BCUT2D eigenvalue weighted by atomic mass is 10.2. The van der Waals surface area contributed by atoms with Crippen LogP contribution in [0.3, 0.4) is 0 Å². The Morgan fingerprint density at radius 1 is 0.625 bits per heavy atom. The molecule has 1 heterocycles. The smallest absolute Gasteiger partial charge is 0.176 e. The van der Waals surface area contributed by atoms with Gasteiger partial charge in [0.05, 0.1) is 35.7 Å². The second kappa shape index (κ2) is 9.61. The van der Waals surface area contributed by atoms with Crippen LogP contribution in [-0.4, -0.2) is 22.6 Å². The maximum atomic E-state index is 8.87. The summed E-state index contributed by atoms with van der Waals surface area (Å²) in [5.41, 5.74) is 8.74. The molecule has 0 bridgehead atoms. The van der Waals surface area contributed by atoms with Crippen molar-refractivity contribution in [1.29, 1.82) is 10.5 Å². The van der Waals surface area contributed by atoms with Crippen LogP contribution < -0.4 is 10.9 Å². The highest BCUT2D eigenvalue weighted by molar-refractivity contribution is 5.98. The van der Waals surface area contributed by atoms with Gasteiger partial charge in [0, 0.05) is 10.8 Å². The average molecular weight is 416 g/mol. The number of nitriles is 2. The van der Waals surface area contributed by atoms with Crippen molar-refractivity contribution in [3.8, 4) is 12.1 Å². The van der Waals surface area contributed by atoms with Gasteiger partial charge in [-0.15, -0.1) is 10.2 Å². The summed E-state index contributed by atoms with van der Waals surface area (Å²) in [5.74, 6) is 1.01. The van der Waals surface area contributed by atoms with E-state index in [2.05, 4.69) is 43.4 Å². The van der Waals surface area contributed by atoms with Gasteiger partial charge in [0.15, 0.2) is 11.6 Å². The van der Waals surface area contributed by atoms with Gasteiger partial charge in [-0.05, 0) is 35.4 Å². The zero-order valence-corrected chi connectivity index (χ0v) is 16.8. The summed E-state index contributed by atoms with van der Waals surface area (Å²) in [6.07, 6.45) is 3.29. The Morgan fingerprint density at radius 2 is 1.03 bits per heavy atom. The summed E-state index contributed by atoms with van der Waals surface area (Å²) in [5, 5.41) is 36.3. The molecule has 3 aromatic carbocycles. The van der Waals surface area contributed by atoms with Crippen LogP contribution in [0, 0.1) is 22.7 Å². The molecule has 4 aromatic rings. The molecule has 1 aromatic heterocycles. The number of fused-ring (bicyclic) bond motifs is 1. The lowest BCUT2D eigenvalue weighted by Gasteiger charge is -2.08. The molecular formula is C24H16N8. The molecule has 0 amide bonds. The molecule has 0 saturated heterocycles. The van der Waals surface area contributed by atoms with Crippen LogP contribution in [0.2, 0.25) is 0 Å². The molecular weight excluding hydrogens is 400 g/mol. The Morgan fingerprint density at radius 3 is 1.41 bits per heavy atom. The summed E-state index contributed by atoms with van der Waals surface area (Å²) < 4.78 is 0. The highest BCUT2D eigenvalue weighted by Gasteiger charge is 2.08. The molecule has 8 heteroatoms. The lowest BCUT2D eigenvalue weighted by Crippen LogP contribution is -2.01. The van der Waals surface area contributed by atoms with Crippen LogP contribution >= 0.6 is 0 Å². The fourth-order valence-corrected chi connectivity index (χ4v) is 2.89. The van der Waals surface area contributed by atoms with Crippen LogP contribution in [-0.2, 0) is 0 Å². The number of nitrogens with one attached hydrogen (secondary N) is 2. The lowest BCUT2D eigenvalue weighted by molar-refractivity contribution is 1.03. The van der Waals surface area contributed by atoms with Crippen LogP contribution in [0.5, 0.6) is 0 Å². The zero-order valence-electron chi connectivity index (χ0n) is 16.8. The number of nitrogens with zero attached hydrogens (tertiary/aromatic N) is 6. The summed E-state index contributed by atoms with van der Waals surface area (Å²) in [4.78, 5) is 0. The molecule has 8 nitrogen and oxygen atoms in total. The van der Waals surface area contributed by atoms with Crippen LogP contribution in [0.15, 0.2) is 83.0 Å². The zero-order chi connectivity index (χ0) is 22.2. The van der Waals surface area contributed by atoms with Gasteiger partial charge in [0.2, 0.25) is 0 Å². The Bertz CT molecular complexity index is 1270. The summed E-state index contributed by atoms with van der Waals surface area (Å²) in [6.45, 7) is 0. The highest BCUT2D eigenvalue weighted by Crippen LogP contribution is 2.25. The van der Waals surface area contributed by atoms with E-state index in [0.717, 1.165) is 21.9 Å². The standard InChI is InChI=1S/C24H16N8/c25-13-17-5-9-19(10-6-17)15-27-29-23-21-3-1-2-4-22(21)24(32-31-23)30-28-16-20-11-7-18(14-26)8-12-20/h1-12,15-16H,(H,29,31)(H,30,32)/b27-15-,28-16-. The molecule has 0 saturated carbocycles. The van der Waals surface area contributed by atoms with E-state index in [0.29, 0.717) is 22.8 Å². The molecule has 0 spiro atoms. The Kier molecular flexibility index (Phi) is 6.07. The maximum absolute atomic E-state index is 8.87. The van der Waals surface area contributed by atoms with Crippen LogP contribution in [0.25, 0.3) is 10.8 Å². The number of hydrogen-bond donors (Lipinski definition) is 2. The first-order chi connectivity index (χ1) is 15.8. The van der Waals surface area contributed by atoms with Crippen molar-refractivity contribution in [3.63, 3.8) is 0 Å². The predicted molar refractivity (Wildman–Crippen MR) is 124 cm³/mol. The number of hydrogen-bond acceptors (Lipinski definition) is 8. The first kappa shape index (κ1) is 20.2. The monoisotopic (exact) mass is 416 g/mol. The van der Waals surface area contributed by atoms with Crippen molar-refractivity contribution in [2.24, 2.45) is 10.2 Å². The van der Waals surface area contributed by atoms with Crippen LogP contribution in [0.1, 0.15) is 22.3 Å². The first-order valence-electron chi connectivity index (χ1n) is 9.61. The SMILES string of the molecule is N#Cc1ccc(/C=N\Nc2nnc(N/N=C\c3ccc(C#N)cc3)c3ccccc23)cc1. The minimum atomic E-state index is 0.507. The molecule has 4 rings (SSSR count). The number of benzene rings is 3. The molecule has 2 N–H and O–H groups in total. The molecule has 0 aliphatic heterocycles. The van der Waals surface area contributed by atoms with E-state index in [9.17, 15) is 0 Å². The van der Waals surface area contributed by atoms with Gasteiger partial charge in [-0.1, -0.05) is 48.5 Å². The van der Waals surface area contributed by atoms with E-state index in [1.165, 1.54) is 0 Å². The fourth-order valence-electron chi connectivity index (χ4n) is 2.89. The number of hydrazone groups is 2. The largest absolute Gasteiger partial charge is 0.259 e. The third-order valence-corrected chi connectivity index (χ3v) is 4.54. The Hall–Kier alpha value is -5.08. The minimum absolute atomic E-state index is 0.507. The number of rotatable bonds is 6. The quantitative estimate of drug-likeness (QED) is 0.358. The third kappa shape index (κ3) is 4.73. The molecule has 0 aliphatic carbocycles. The van der Waals surface area contributed by atoms with E-state index in [1.54, 1.807) is 36.7 Å². The van der Waals surface area contributed by atoms with Crippen molar-refractivity contribution in [1.82, 2.24) is 10.2 Å². The van der Waals surface area contributed by atoms with E-state index in [-0.39, 0.29) is 0 Å². The summed E-state index contributed by atoms with van der Waals surface area (Å²) in [7, 11) is 0. The van der Waals surface area contributed by atoms with Crippen molar-refractivity contribution in [3.05, 3.63) is 95.1 Å². The van der Waals surface area contributed by atoms with E-state index < -0.39 is 0 Å². The third-order valence-electron chi connectivity index (χ3n) is 4.54. The molecule has 0 radical (unpaired) electrons. The Labute approximate surface area is 184 Å². The van der Waals surface area contributed by atoms with Crippen molar-refractivity contribution < 1.29 is 0 Å². The number of aromatic nitrogens is 2. The van der Waals surface area contributed by atoms with Crippen LogP contribution in [0.4, 0.5) is 11.6 Å². The van der Waals surface area contributed by atoms with E-state index >= 15 is 0 Å². The summed E-state index contributed by atoms with van der Waals surface area (Å²) >= 11 is 0. The summed E-state index contributed by atoms with van der Waals surface area (Å²) in [6, 6.07) is 26.0. The molecule has 0 aliphatic rings. The van der Waals surface area contributed by atoms with E-state index in [4.69, 9.17) is 10.5 Å². The Balaban J connectivity index is 1.50. The van der Waals surface area contributed by atoms with Gasteiger partial charge >= 0.3 is 0 Å². The topological polar surface area (TPSA) is 122 Å². The van der Waals surface area contributed by atoms with Gasteiger partial charge in [-0.3, -0.25) is 10.9 Å². The van der Waals surface area contributed by atoms with Gasteiger partial charge < -0.3 is 0 Å². The van der Waals surface area contributed by atoms with Crippen molar-refractivity contribution in [2.45, 2.75) is 0 Å². The second-order valence-corrected chi connectivity index (χ2v) is 6.65. The first-order valence-corrected chi connectivity index (χ1v) is 9.61. The molecule has 152 valence electrons. The minimum Gasteiger partial charge on any atom is -0.259 e.